The molecule has 2 aromatic carbocycles. The van der Waals surface area contributed by atoms with Crippen molar-refractivity contribution in [1.29, 1.82) is 0 Å². The van der Waals surface area contributed by atoms with Crippen LogP contribution in [0.2, 0.25) is 5.02 Å². The van der Waals surface area contributed by atoms with Crippen LogP contribution in [0.4, 0.5) is 0 Å². The van der Waals surface area contributed by atoms with Crippen LogP contribution in [0, 0.1) is 6.92 Å². The van der Waals surface area contributed by atoms with Crippen LogP contribution in [-0.2, 0) is 21.4 Å². The number of aryl methyl sites for hydroxylation is 1. The molecule has 0 amide bonds. The molecule has 1 fully saturated rings. The second-order valence-corrected chi connectivity index (χ2v) is 11.4. The van der Waals surface area contributed by atoms with Crippen molar-refractivity contribution in [2.45, 2.75) is 57.1 Å². The lowest BCUT2D eigenvalue weighted by Gasteiger charge is -2.31. The quantitative estimate of drug-likeness (QED) is 0.486. The molecule has 2 heterocycles. The van der Waals surface area contributed by atoms with E-state index in [1.54, 1.807) is 28.8 Å². The molecule has 9 heteroatoms. The Morgan fingerprint density at radius 3 is 2.50 bits per heavy atom. The molecule has 0 unspecified atom stereocenters. The number of halogens is 1. The molecular weight excluding hydrogens is 476 g/mol. The number of piperidine rings is 1. The highest BCUT2D eigenvalue weighted by Crippen LogP contribution is 2.37. The standard InChI is InChI=1S/C25H29ClN2O5S/c1-16(2)33-24-7-5-20(12-17(24)3)34(31,32)28-10-8-18(9-11-28)22-14-27(15-25(29)30)23-6-4-19(26)13-21(22)23/h4-7,12-14,16,18H,8-11,15H2,1-3H3,(H,29,30). The Bertz CT molecular complexity index is 1320. The molecule has 1 N–H and O–H groups in total. The zero-order valence-electron chi connectivity index (χ0n) is 19.5. The SMILES string of the molecule is Cc1cc(S(=O)(=O)N2CCC(c3cn(CC(=O)O)c4ccc(Cl)cc34)CC2)ccc1OC(C)C. The second-order valence-electron chi connectivity index (χ2n) is 9.04. The number of carboxylic acid groups (broad SMARTS) is 1. The van der Waals surface area contributed by atoms with Crippen molar-refractivity contribution in [3.05, 3.63) is 58.7 Å². The summed E-state index contributed by atoms with van der Waals surface area (Å²) in [5.74, 6) is -0.116. The van der Waals surface area contributed by atoms with Gasteiger partial charge < -0.3 is 14.4 Å². The summed E-state index contributed by atoms with van der Waals surface area (Å²) in [6.07, 6.45) is 3.18. The van der Waals surface area contributed by atoms with Gasteiger partial charge in [-0.1, -0.05) is 11.6 Å². The highest BCUT2D eigenvalue weighted by atomic mass is 35.5. The number of rotatable bonds is 7. The Hall–Kier alpha value is -2.55. The van der Waals surface area contributed by atoms with Gasteiger partial charge in [-0.15, -0.1) is 0 Å². The minimum absolute atomic E-state index is 0.0107. The molecule has 0 aliphatic carbocycles. The average Bonchev–Trinajstić information content (AvgIpc) is 3.11. The van der Waals surface area contributed by atoms with Crippen LogP contribution in [0.25, 0.3) is 10.9 Å². The first-order valence-corrected chi connectivity index (χ1v) is 13.2. The largest absolute Gasteiger partial charge is 0.491 e. The van der Waals surface area contributed by atoms with Crippen LogP contribution in [0.5, 0.6) is 5.75 Å². The lowest BCUT2D eigenvalue weighted by atomic mass is 9.90. The normalized spacial score (nSPS) is 15.8. The van der Waals surface area contributed by atoms with E-state index in [0.29, 0.717) is 36.7 Å². The number of aromatic nitrogens is 1. The van der Waals surface area contributed by atoms with Crippen molar-refractivity contribution in [3.8, 4) is 5.75 Å². The van der Waals surface area contributed by atoms with E-state index in [-0.39, 0.29) is 23.5 Å². The molecule has 182 valence electrons. The highest BCUT2D eigenvalue weighted by molar-refractivity contribution is 7.89. The number of fused-ring (bicyclic) bond motifs is 1. The van der Waals surface area contributed by atoms with Gasteiger partial charge in [-0.2, -0.15) is 4.31 Å². The maximum atomic E-state index is 13.3. The van der Waals surface area contributed by atoms with E-state index in [1.165, 1.54) is 4.31 Å². The van der Waals surface area contributed by atoms with Crippen LogP contribution in [-0.4, -0.2) is 47.6 Å². The van der Waals surface area contributed by atoms with Crippen molar-refractivity contribution >= 4 is 38.5 Å². The molecule has 0 bridgehead atoms. The predicted octanol–water partition coefficient (Wildman–Crippen LogP) is 5.04. The van der Waals surface area contributed by atoms with Gasteiger partial charge >= 0.3 is 5.97 Å². The molecule has 1 aromatic heterocycles. The van der Waals surface area contributed by atoms with E-state index in [9.17, 15) is 18.3 Å². The molecule has 0 radical (unpaired) electrons. The lowest BCUT2D eigenvalue weighted by Crippen LogP contribution is -2.37. The second kappa shape index (κ2) is 9.60. The van der Waals surface area contributed by atoms with Gasteiger partial charge in [0.05, 0.1) is 11.0 Å². The molecular formula is C25H29ClN2O5S. The topological polar surface area (TPSA) is 88.8 Å². The predicted molar refractivity (Wildman–Crippen MR) is 132 cm³/mol. The Morgan fingerprint density at radius 2 is 1.88 bits per heavy atom. The summed E-state index contributed by atoms with van der Waals surface area (Å²) < 4.78 is 35.6. The van der Waals surface area contributed by atoms with Crippen LogP contribution in [0.3, 0.4) is 0 Å². The molecule has 4 rings (SSSR count). The van der Waals surface area contributed by atoms with Crippen molar-refractivity contribution in [3.63, 3.8) is 0 Å². The molecule has 3 aromatic rings. The summed E-state index contributed by atoms with van der Waals surface area (Å²) >= 11 is 6.22. The van der Waals surface area contributed by atoms with Crippen molar-refractivity contribution in [2.75, 3.05) is 13.1 Å². The van der Waals surface area contributed by atoms with Crippen molar-refractivity contribution < 1.29 is 23.1 Å². The fourth-order valence-electron chi connectivity index (χ4n) is 4.62. The fraction of sp³-hybridized carbons (Fsp3) is 0.400. The Morgan fingerprint density at radius 1 is 1.18 bits per heavy atom. The Kier molecular flexibility index (Phi) is 6.94. The summed E-state index contributed by atoms with van der Waals surface area (Å²) in [5, 5.41) is 10.8. The number of ether oxygens (including phenoxy) is 1. The number of hydrogen-bond donors (Lipinski definition) is 1. The first-order chi connectivity index (χ1) is 16.1. The van der Waals surface area contributed by atoms with Gasteiger partial charge in [0, 0.05) is 35.2 Å². The minimum Gasteiger partial charge on any atom is -0.491 e. The summed E-state index contributed by atoms with van der Waals surface area (Å²) in [6.45, 7) is 6.36. The Balaban J connectivity index is 1.54. The van der Waals surface area contributed by atoms with E-state index < -0.39 is 16.0 Å². The number of carboxylic acids is 1. The number of nitrogens with zero attached hydrogens (tertiary/aromatic N) is 2. The van der Waals surface area contributed by atoms with Crippen LogP contribution in [0.15, 0.2) is 47.5 Å². The molecule has 34 heavy (non-hydrogen) atoms. The summed E-state index contributed by atoms with van der Waals surface area (Å²) in [6, 6.07) is 10.4. The molecule has 0 atom stereocenters. The number of aliphatic carboxylic acids is 1. The smallest absolute Gasteiger partial charge is 0.323 e. The van der Waals surface area contributed by atoms with Crippen LogP contribution < -0.4 is 4.74 Å². The monoisotopic (exact) mass is 504 g/mol. The number of carbonyl (C=O) groups is 1. The van der Waals surface area contributed by atoms with Crippen molar-refractivity contribution in [1.82, 2.24) is 8.87 Å². The Labute approximate surface area is 204 Å². The molecule has 0 saturated carbocycles. The van der Waals surface area contributed by atoms with Gasteiger partial charge in [-0.25, -0.2) is 8.42 Å². The third kappa shape index (κ3) is 4.94. The fourth-order valence-corrected chi connectivity index (χ4v) is 6.35. The first kappa shape index (κ1) is 24.6. The maximum Gasteiger partial charge on any atom is 0.323 e. The van der Waals surface area contributed by atoms with E-state index in [2.05, 4.69) is 0 Å². The first-order valence-electron chi connectivity index (χ1n) is 11.3. The van der Waals surface area contributed by atoms with Gasteiger partial charge in [0.2, 0.25) is 10.0 Å². The number of hydrogen-bond acceptors (Lipinski definition) is 4. The summed E-state index contributed by atoms with van der Waals surface area (Å²) in [7, 11) is -3.62. The maximum absolute atomic E-state index is 13.3. The molecule has 1 saturated heterocycles. The van der Waals surface area contributed by atoms with Gasteiger partial charge in [0.15, 0.2) is 0 Å². The van der Waals surface area contributed by atoms with E-state index in [1.807, 2.05) is 39.1 Å². The van der Waals surface area contributed by atoms with Crippen LogP contribution in [0.1, 0.15) is 43.7 Å². The van der Waals surface area contributed by atoms with Gasteiger partial charge in [0.1, 0.15) is 12.3 Å². The van der Waals surface area contributed by atoms with Crippen LogP contribution >= 0.6 is 11.6 Å². The highest BCUT2D eigenvalue weighted by Gasteiger charge is 2.31. The molecule has 0 spiro atoms. The number of benzene rings is 2. The van der Waals surface area contributed by atoms with Gasteiger partial charge in [-0.05, 0) is 87.1 Å². The van der Waals surface area contributed by atoms with Crippen molar-refractivity contribution in [2.24, 2.45) is 0 Å². The lowest BCUT2D eigenvalue weighted by molar-refractivity contribution is -0.137. The summed E-state index contributed by atoms with van der Waals surface area (Å²) in [5.41, 5.74) is 2.62. The minimum atomic E-state index is -3.62. The summed E-state index contributed by atoms with van der Waals surface area (Å²) in [4.78, 5) is 11.6. The van der Waals surface area contributed by atoms with Gasteiger partial charge in [0.25, 0.3) is 0 Å². The molecule has 1 aliphatic heterocycles. The molecule has 7 nitrogen and oxygen atoms in total. The zero-order chi connectivity index (χ0) is 24.6. The molecule has 1 aliphatic rings. The van der Waals surface area contributed by atoms with Gasteiger partial charge in [-0.3, -0.25) is 4.79 Å². The third-order valence-corrected chi connectivity index (χ3v) is 8.35. The number of sulfonamides is 1. The third-order valence-electron chi connectivity index (χ3n) is 6.22. The zero-order valence-corrected chi connectivity index (χ0v) is 21.1. The average molecular weight is 505 g/mol. The van der Waals surface area contributed by atoms with E-state index in [0.717, 1.165) is 22.0 Å². The van der Waals surface area contributed by atoms with E-state index in [4.69, 9.17) is 16.3 Å². The van der Waals surface area contributed by atoms with E-state index >= 15 is 0 Å².